The van der Waals surface area contributed by atoms with Gasteiger partial charge in [0.25, 0.3) is 5.91 Å². The second kappa shape index (κ2) is 11.5. The zero-order valence-corrected chi connectivity index (χ0v) is 20.2. The third-order valence-corrected chi connectivity index (χ3v) is 5.87. The molecule has 1 unspecified atom stereocenters. The van der Waals surface area contributed by atoms with E-state index in [4.69, 9.17) is 14.6 Å². The van der Waals surface area contributed by atoms with Gasteiger partial charge in [0.2, 0.25) is 0 Å². The van der Waals surface area contributed by atoms with Gasteiger partial charge in [-0.15, -0.1) is 0 Å². The molecule has 0 aliphatic carbocycles. The molecule has 2 heterocycles. The van der Waals surface area contributed by atoms with E-state index in [0.29, 0.717) is 31.0 Å². The maximum absolute atomic E-state index is 12.8. The second-order valence-electron chi connectivity index (χ2n) is 8.55. The van der Waals surface area contributed by atoms with Crippen LogP contribution in [0.1, 0.15) is 37.3 Å². The Kier molecular flexibility index (Phi) is 7.96. The van der Waals surface area contributed by atoms with Crippen molar-refractivity contribution >= 4 is 12.0 Å². The number of ether oxygens (including phenoxy) is 2. The van der Waals surface area contributed by atoms with Crippen molar-refractivity contribution in [3.63, 3.8) is 0 Å². The molecule has 3 aromatic rings. The maximum atomic E-state index is 12.8. The predicted octanol–water partition coefficient (Wildman–Crippen LogP) is 4.84. The molecular weight excluding hydrogens is 440 g/mol. The Balaban J connectivity index is 1.69. The summed E-state index contributed by atoms with van der Waals surface area (Å²) in [5.41, 5.74) is 4.18. The van der Waals surface area contributed by atoms with Crippen LogP contribution in [0.2, 0.25) is 0 Å². The number of carbonyl (C=O) groups excluding carboxylic acids is 1. The SMILES string of the molecule is CCCOc1ccc(-c2nn(-c3ccccc3)cc2/C=C(\C#N)C(=O)NCC2CCCO2)c(C)c1. The molecule has 1 saturated heterocycles. The number of rotatable bonds is 9. The number of aryl methyl sites for hydroxylation is 1. The average molecular weight is 471 g/mol. The van der Waals surface area contributed by atoms with Gasteiger partial charge in [0.1, 0.15) is 23.1 Å². The summed E-state index contributed by atoms with van der Waals surface area (Å²) in [6.45, 7) is 5.84. The molecule has 0 spiro atoms. The first kappa shape index (κ1) is 24.2. The van der Waals surface area contributed by atoms with Gasteiger partial charge in [-0.25, -0.2) is 4.68 Å². The molecule has 0 saturated carbocycles. The van der Waals surface area contributed by atoms with E-state index in [0.717, 1.165) is 41.8 Å². The Morgan fingerprint density at radius 2 is 2.14 bits per heavy atom. The van der Waals surface area contributed by atoms with Gasteiger partial charge in [-0.2, -0.15) is 10.4 Å². The molecule has 0 bridgehead atoms. The molecule has 1 aromatic heterocycles. The first-order valence-electron chi connectivity index (χ1n) is 12.0. The highest BCUT2D eigenvalue weighted by atomic mass is 16.5. The number of aromatic nitrogens is 2. The van der Waals surface area contributed by atoms with Crippen LogP contribution in [0.15, 0.2) is 60.3 Å². The Bertz CT molecular complexity index is 1230. The predicted molar refractivity (Wildman–Crippen MR) is 135 cm³/mol. The summed E-state index contributed by atoms with van der Waals surface area (Å²) in [7, 11) is 0. The van der Waals surface area contributed by atoms with E-state index in [1.165, 1.54) is 0 Å². The van der Waals surface area contributed by atoms with Crippen LogP contribution in [-0.4, -0.2) is 41.6 Å². The lowest BCUT2D eigenvalue weighted by Crippen LogP contribution is -2.32. The first-order valence-corrected chi connectivity index (χ1v) is 12.0. The lowest BCUT2D eigenvalue weighted by Gasteiger charge is -2.10. The lowest BCUT2D eigenvalue weighted by molar-refractivity contribution is -0.117. The van der Waals surface area contributed by atoms with Crippen LogP contribution in [-0.2, 0) is 9.53 Å². The van der Waals surface area contributed by atoms with Crippen LogP contribution in [0.3, 0.4) is 0 Å². The Morgan fingerprint density at radius 1 is 1.31 bits per heavy atom. The molecular formula is C28H30N4O3. The number of nitrogens with zero attached hydrogens (tertiary/aromatic N) is 3. The topological polar surface area (TPSA) is 89.2 Å². The van der Waals surface area contributed by atoms with Gasteiger partial charge < -0.3 is 14.8 Å². The quantitative estimate of drug-likeness (QED) is 0.357. The number of amides is 1. The summed E-state index contributed by atoms with van der Waals surface area (Å²) < 4.78 is 13.1. The molecule has 4 rings (SSSR count). The van der Waals surface area contributed by atoms with Gasteiger partial charge >= 0.3 is 0 Å². The van der Waals surface area contributed by atoms with Gasteiger partial charge in [0, 0.05) is 30.5 Å². The van der Waals surface area contributed by atoms with Gasteiger partial charge in [-0.1, -0.05) is 25.1 Å². The van der Waals surface area contributed by atoms with E-state index in [1.807, 2.05) is 61.7 Å². The van der Waals surface area contributed by atoms with Gasteiger partial charge in [0.15, 0.2) is 0 Å². The molecule has 35 heavy (non-hydrogen) atoms. The zero-order valence-electron chi connectivity index (χ0n) is 20.2. The van der Waals surface area contributed by atoms with Gasteiger partial charge in [-0.3, -0.25) is 4.79 Å². The molecule has 1 aliphatic heterocycles. The maximum Gasteiger partial charge on any atom is 0.262 e. The van der Waals surface area contributed by atoms with Crippen LogP contribution in [0.25, 0.3) is 23.0 Å². The van der Waals surface area contributed by atoms with Crippen LogP contribution >= 0.6 is 0 Å². The highest BCUT2D eigenvalue weighted by Gasteiger charge is 2.19. The molecule has 1 fully saturated rings. The zero-order chi connectivity index (χ0) is 24.6. The third-order valence-electron chi connectivity index (χ3n) is 5.87. The standard InChI is InChI=1S/C28H30N4O3/c1-3-13-34-24-11-12-26(20(2)15-24)27-22(19-32(31-27)23-8-5-4-6-9-23)16-21(17-29)28(33)30-18-25-10-7-14-35-25/h4-6,8-9,11-12,15-16,19,25H,3,7,10,13-14,18H2,1-2H3,(H,30,33)/b21-16+. The third kappa shape index (κ3) is 5.97. The molecule has 1 atom stereocenters. The van der Waals surface area contributed by atoms with Gasteiger partial charge in [-0.05, 0) is 68.2 Å². The Hall–Kier alpha value is -3.89. The fraction of sp³-hybridized carbons (Fsp3) is 0.321. The highest BCUT2D eigenvalue weighted by molar-refractivity contribution is 6.02. The summed E-state index contributed by atoms with van der Waals surface area (Å²) in [4.78, 5) is 12.8. The largest absolute Gasteiger partial charge is 0.494 e. The molecule has 1 amide bonds. The highest BCUT2D eigenvalue weighted by Crippen LogP contribution is 2.31. The molecule has 0 radical (unpaired) electrons. The number of hydrogen-bond acceptors (Lipinski definition) is 5. The minimum Gasteiger partial charge on any atom is -0.494 e. The van der Waals surface area contributed by atoms with Crippen molar-refractivity contribution in [1.82, 2.24) is 15.1 Å². The van der Waals surface area contributed by atoms with E-state index < -0.39 is 5.91 Å². The van der Waals surface area contributed by atoms with Crippen LogP contribution in [0.4, 0.5) is 0 Å². The van der Waals surface area contributed by atoms with Crippen molar-refractivity contribution < 1.29 is 14.3 Å². The minimum atomic E-state index is -0.415. The second-order valence-corrected chi connectivity index (χ2v) is 8.55. The van der Waals surface area contributed by atoms with Crippen LogP contribution in [0, 0.1) is 18.3 Å². The van der Waals surface area contributed by atoms with E-state index in [2.05, 4.69) is 18.3 Å². The molecule has 7 nitrogen and oxygen atoms in total. The summed E-state index contributed by atoms with van der Waals surface area (Å²) in [5, 5.41) is 17.4. The number of nitriles is 1. The molecule has 7 heteroatoms. The normalized spacial score (nSPS) is 15.6. The van der Waals surface area contributed by atoms with E-state index in [9.17, 15) is 10.1 Å². The Labute approximate surface area is 206 Å². The summed E-state index contributed by atoms with van der Waals surface area (Å²) in [6, 6.07) is 17.7. The number of carbonyl (C=O) groups is 1. The molecule has 2 aromatic carbocycles. The lowest BCUT2D eigenvalue weighted by atomic mass is 10.0. The van der Waals surface area contributed by atoms with E-state index >= 15 is 0 Å². The summed E-state index contributed by atoms with van der Waals surface area (Å²) in [5.74, 6) is 0.389. The fourth-order valence-electron chi connectivity index (χ4n) is 4.04. The number of benzene rings is 2. The van der Waals surface area contributed by atoms with Crippen molar-refractivity contribution in [3.05, 3.63) is 71.4 Å². The number of para-hydroxylation sites is 1. The number of nitrogens with one attached hydrogen (secondary N) is 1. The van der Waals surface area contributed by atoms with E-state index in [1.54, 1.807) is 10.8 Å². The minimum absolute atomic E-state index is 0.00590. The average Bonchev–Trinajstić information content (AvgIpc) is 3.55. The summed E-state index contributed by atoms with van der Waals surface area (Å²) in [6.07, 6.45) is 6.29. The van der Waals surface area contributed by atoms with Crippen molar-refractivity contribution in [2.75, 3.05) is 19.8 Å². The molecule has 1 aliphatic rings. The molecule has 1 N–H and O–H groups in total. The first-order chi connectivity index (χ1) is 17.1. The van der Waals surface area contributed by atoms with E-state index in [-0.39, 0.29) is 11.7 Å². The van der Waals surface area contributed by atoms with Crippen LogP contribution in [0.5, 0.6) is 5.75 Å². The van der Waals surface area contributed by atoms with Crippen molar-refractivity contribution in [3.8, 4) is 28.8 Å². The summed E-state index contributed by atoms with van der Waals surface area (Å²) >= 11 is 0. The number of hydrogen-bond donors (Lipinski definition) is 1. The van der Waals surface area contributed by atoms with Crippen molar-refractivity contribution in [1.29, 1.82) is 5.26 Å². The van der Waals surface area contributed by atoms with Crippen LogP contribution < -0.4 is 10.1 Å². The Morgan fingerprint density at radius 3 is 2.83 bits per heavy atom. The van der Waals surface area contributed by atoms with Crippen molar-refractivity contribution in [2.24, 2.45) is 0 Å². The van der Waals surface area contributed by atoms with Crippen molar-refractivity contribution in [2.45, 2.75) is 39.2 Å². The monoisotopic (exact) mass is 470 g/mol. The fourth-order valence-corrected chi connectivity index (χ4v) is 4.04. The van der Waals surface area contributed by atoms with Gasteiger partial charge in [0.05, 0.1) is 18.4 Å². The molecule has 180 valence electrons. The smallest absolute Gasteiger partial charge is 0.262 e.